The van der Waals surface area contributed by atoms with Crippen molar-refractivity contribution in [2.24, 2.45) is 0 Å². The van der Waals surface area contributed by atoms with Crippen molar-refractivity contribution in [2.45, 2.75) is 111 Å². The van der Waals surface area contributed by atoms with Crippen LogP contribution < -0.4 is 26.6 Å². The largest absolute Gasteiger partial charge is 0.477 e. The number of thioether (sulfide) groups is 2. The van der Waals surface area contributed by atoms with E-state index in [1.807, 2.05) is 60.7 Å². The number of benzene rings is 5. The molecule has 24 nitrogen and oxygen atoms in total. The third kappa shape index (κ3) is 21.5. The number of carbonyl (C=O) groups excluding carboxylic acids is 7. The molecule has 2 aliphatic rings. The highest BCUT2D eigenvalue weighted by molar-refractivity contribution is 7.99. The summed E-state index contributed by atoms with van der Waals surface area (Å²) in [6, 6.07) is 35.2. The number of carboxylic acid groups (broad SMARTS) is 1. The molecule has 512 valence electrons. The number of aldehydes is 1. The van der Waals surface area contributed by atoms with E-state index in [0.717, 1.165) is 22.3 Å². The lowest BCUT2D eigenvalue weighted by Crippen LogP contribution is -2.68. The molecule has 5 aromatic carbocycles. The number of carboxylic acids is 1. The van der Waals surface area contributed by atoms with Crippen LogP contribution in [-0.4, -0.2) is 225 Å². The van der Waals surface area contributed by atoms with Gasteiger partial charge in [0.25, 0.3) is 35.3 Å². The number of alkyl halides is 2. The summed E-state index contributed by atoms with van der Waals surface area (Å²) in [4.78, 5) is 101. The average molecular weight is 1360 g/mol. The number of aliphatic hydroxyl groups excluding tert-OH is 6. The van der Waals surface area contributed by atoms with Gasteiger partial charge in [0.1, 0.15) is 24.4 Å². The minimum absolute atomic E-state index is 0.0858. The maximum absolute atomic E-state index is 13.3. The number of hydrogen-bond acceptors (Lipinski definition) is 20. The van der Waals surface area contributed by atoms with Gasteiger partial charge in [0.2, 0.25) is 5.79 Å². The van der Waals surface area contributed by atoms with Crippen LogP contribution in [0.15, 0.2) is 133 Å². The molecule has 0 spiro atoms. The van der Waals surface area contributed by atoms with Crippen LogP contribution in [0.2, 0.25) is 0 Å². The van der Waals surface area contributed by atoms with Crippen molar-refractivity contribution in [3.8, 4) is 22.3 Å². The van der Waals surface area contributed by atoms with E-state index in [9.17, 15) is 82.9 Å². The fourth-order valence-corrected chi connectivity index (χ4v) is 12.3. The van der Waals surface area contributed by atoms with Crippen LogP contribution in [0.1, 0.15) is 80.0 Å². The number of aliphatic carboxylic acids is 1. The van der Waals surface area contributed by atoms with E-state index in [1.54, 1.807) is 60.7 Å². The maximum Gasteiger partial charge on any atom is 0.364 e. The quantitative estimate of drug-likeness (QED) is 0.0154. The number of rotatable bonds is 37. The number of halogens is 2. The van der Waals surface area contributed by atoms with Crippen LogP contribution in [-0.2, 0) is 38.1 Å². The number of Topliss-reactive ketones (excluding diaryl/α,β-unsaturated/α-hetero) is 1. The van der Waals surface area contributed by atoms with Crippen LogP contribution >= 0.6 is 23.5 Å². The molecule has 0 radical (unpaired) electrons. The van der Waals surface area contributed by atoms with E-state index in [0.29, 0.717) is 47.0 Å². The summed E-state index contributed by atoms with van der Waals surface area (Å²) >= 11 is 2.90. The molecule has 2 heterocycles. The fourth-order valence-electron chi connectivity index (χ4n) is 10.6. The Labute approximate surface area is 555 Å². The van der Waals surface area contributed by atoms with Gasteiger partial charge < -0.3 is 81.3 Å². The summed E-state index contributed by atoms with van der Waals surface area (Å²) in [6.45, 7) is -4.12. The molecule has 0 bridgehead atoms. The van der Waals surface area contributed by atoms with Crippen molar-refractivity contribution in [3.63, 3.8) is 0 Å². The Morgan fingerprint density at radius 1 is 0.537 bits per heavy atom. The second-order valence-corrected chi connectivity index (χ2v) is 25.0. The van der Waals surface area contributed by atoms with Gasteiger partial charge in [-0.15, -0.1) is 0 Å². The predicted molar refractivity (Wildman–Crippen MR) is 347 cm³/mol. The Bertz CT molecular complexity index is 3320. The zero-order chi connectivity index (χ0) is 68.5. The first-order valence-electron chi connectivity index (χ1n) is 30.8. The molecule has 2 saturated heterocycles. The van der Waals surface area contributed by atoms with E-state index < -0.39 is 141 Å². The van der Waals surface area contributed by atoms with Gasteiger partial charge in [-0.1, -0.05) is 97.1 Å². The molecule has 0 aromatic heterocycles. The van der Waals surface area contributed by atoms with Gasteiger partial charge in [-0.05, 0) is 95.2 Å². The topological polar surface area (TPSA) is 375 Å². The maximum atomic E-state index is 13.3. The number of aliphatic hydroxyl groups is 6. The van der Waals surface area contributed by atoms with Gasteiger partial charge in [-0.2, -0.15) is 23.5 Å². The third-order valence-electron chi connectivity index (χ3n) is 15.7. The summed E-state index contributed by atoms with van der Waals surface area (Å²) in [5, 5.41) is 89.3. The molecular formula is C67H79F2N5O19S2. The van der Waals surface area contributed by atoms with Gasteiger partial charge in [0, 0.05) is 66.9 Å². The normalized spacial score (nSPS) is 22.2. The monoisotopic (exact) mass is 1360 g/mol. The summed E-state index contributed by atoms with van der Waals surface area (Å²) < 4.78 is 49.8. The molecule has 12 atom stereocenters. The first-order valence-corrected chi connectivity index (χ1v) is 33.1. The average Bonchev–Trinajstić information content (AvgIpc) is 0.781. The minimum atomic E-state index is -2.57. The van der Waals surface area contributed by atoms with Crippen LogP contribution in [0.3, 0.4) is 0 Å². The number of amides is 5. The molecule has 2 fully saturated rings. The van der Waals surface area contributed by atoms with Gasteiger partial charge in [-0.25, -0.2) is 13.6 Å². The standard InChI is InChI=1S/C67H79F2N5O19S2/c68-36-54(81)73-56-50(77)34-66(40-75,92-60(56)58(83)52(79)38-71-63(86)47-21-15-43(16-22-47)41-10-3-1-4-11-41)90-28-8-32-95-33-27-70-62(85)46-25-19-45(20-26-46)49(76)14-7-30-94-31-9-29-91-67(65(88)89)35-51(78)57(74-55(82)37-69)61(93-67)59(84)53(80)39-72-64(87)48-23-17-44(18-24-48)42-12-5-2-6-13-42/h1-6,10-13,15-26,40,50-53,56-61,77-80,83-84H,7-9,14,27-39H2,(H,70,85)(H,71,86)(H,72,87)(H,73,81)(H,74,82)(H,88,89)/t50-,51-,52+,53+,56+,57+,58+,59+,60+,61+,66+,67+/m0/s1. The number of ether oxygens (including phenoxy) is 4. The zero-order valence-electron chi connectivity index (χ0n) is 51.7. The van der Waals surface area contributed by atoms with Gasteiger partial charge in [0.05, 0.1) is 49.7 Å². The molecule has 0 saturated carbocycles. The summed E-state index contributed by atoms with van der Waals surface area (Å²) in [7, 11) is 0. The van der Waals surface area contributed by atoms with E-state index in [2.05, 4.69) is 26.6 Å². The molecule has 12 N–H and O–H groups in total. The molecule has 0 aliphatic carbocycles. The van der Waals surface area contributed by atoms with E-state index in [4.69, 9.17) is 18.9 Å². The Kier molecular flexibility index (Phi) is 29.2. The first-order chi connectivity index (χ1) is 45.7. The predicted octanol–water partition coefficient (Wildman–Crippen LogP) is 3.18. The second-order valence-electron chi connectivity index (χ2n) is 22.6. The van der Waals surface area contributed by atoms with E-state index in [-0.39, 0.29) is 61.7 Å². The lowest BCUT2D eigenvalue weighted by Gasteiger charge is -2.46. The molecule has 28 heteroatoms. The van der Waals surface area contributed by atoms with Crippen molar-refractivity contribution in [1.82, 2.24) is 26.6 Å². The zero-order valence-corrected chi connectivity index (χ0v) is 53.3. The number of nitrogens with one attached hydrogen (secondary N) is 5. The fraction of sp³-hybridized carbons (Fsp3) is 0.433. The molecule has 5 aromatic rings. The Morgan fingerprint density at radius 3 is 1.42 bits per heavy atom. The lowest BCUT2D eigenvalue weighted by atomic mass is 9.88. The van der Waals surface area contributed by atoms with Gasteiger partial charge >= 0.3 is 5.97 Å². The van der Waals surface area contributed by atoms with E-state index >= 15 is 0 Å². The molecular weight excluding hydrogens is 1280 g/mol. The molecule has 5 amide bonds. The molecule has 2 aliphatic heterocycles. The van der Waals surface area contributed by atoms with Crippen LogP contribution in [0.25, 0.3) is 22.3 Å². The Balaban J connectivity index is 0.774. The first kappa shape index (κ1) is 74.8. The Morgan fingerprint density at radius 2 is 0.947 bits per heavy atom. The molecule has 95 heavy (non-hydrogen) atoms. The Hall–Kier alpha value is -7.58. The lowest BCUT2D eigenvalue weighted by molar-refractivity contribution is -0.310. The number of hydrogen-bond donors (Lipinski definition) is 12. The van der Waals surface area contributed by atoms with E-state index in [1.165, 1.54) is 35.7 Å². The van der Waals surface area contributed by atoms with Crippen molar-refractivity contribution in [3.05, 3.63) is 156 Å². The molecule has 7 rings (SSSR count). The highest BCUT2D eigenvalue weighted by Gasteiger charge is 2.56. The van der Waals surface area contributed by atoms with Gasteiger partial charge in [0.15, 0.2) is 25.4 Å². The van der Waals surface area contributed by atoms with Crippen molar-refractivity contribution >= 4 is 71.1 Å². The van der Waals surface area contributed by atoms with Crippen LogP contribution in [0.4, 0.5) is 8.78 Å². The SMILES string of the molecule is O=C[C@@]1(OCCCSCCNC(=O)c2ccc(C(=O)CCCSCCCO[C@]3(C(=O)O)C[C@H](O)[C@@H](NC(=O)CF)[C@H]([C@H](O)[C@H](O)CNC(=O)c4ccc(-c5ccccc5)cc4)O3)cc2)C[C@H](O)[C@@H](NC(=O)CF)[C@H]([C@H](O)[C@H](O)CNC(=O)c2ccc(-c3ccccc3)cc2)O1. The smallest absolute Gasteiger partial charge is 0.364 e. The van der Waals surface area contributed by atoms with Crippen molar-refractivity contribution < 1.29 is 102 Å². The minimum Gasteiger partial charge on any atom is -0.477 e. The number of carbonyl (C=O) groups is 8. The molecule has 0 unspecified atom stereocenters. The summed E-state index contributed by atoms with van der Waals surface area (Å²) in [5.74, 6) is -8.57. The third-order valence-corrected chi connectivity index (χ3v) is 18.0. The highest BCUT2D eigenvalue weighted by atomic mass is 32.2. The highest BCUT2D eigenvalue weighted by Crippen LogP contribution is 2.35. The number of ketones is 1. The van der Waals surface area contributed by atoms with Crippen molar-refractivity contribution in [2.75, 3.05) is 69.2 Å². The van der Waals surface area contributed by atoms with Crippen LogP contribution in [0, 0.1) is 0 Å². The summed E-state index contributed by atoms with van der Waals surface area (Å²) in [6.07, 6.45) is -14.2. The van der Waals surface area contributed by atoms with Crippen LogP contribution in [0.5, 0.6) is 0 Å². The summed E-state index contributed by atoms with van der Waals surface area (Å²) in [5.41, 5.74) is 4.77. The van der Waals surface area contributed by atoms with Gasteiger partial charge in [-0.3, -0.25) is 33.6 Å². The second kappa shape index (κ2) is 37.1. The van der Waals surface area contributed by atoms with Crippen molar-refractivity contribution in [1.29, 1.82) is 0 Å².